The van der Waals surface area contributed by atoms with Crippen LogP contribution >= 0.6 is 11.8 Å². The van der Waals surface area contributed by atoms with E-state index in [0.29, 0.717) is 36.7 Å². The highest BCUT2D eigenvalue weighted by Gasteiger charge is 2.33. The molecule has 0 spiro atoms. The third kappa shape index (κ3) is 9.58. The monoisotopic (exact) mass is 709 g/mol. The molecule has 1 amide bonds. The Hall–Kier alpha value is -5.08. The van der Waals surface area contributed by atoms with E-state index in [2.05, 4.69) is 20.8 Å². The molecule has 2 heterocycles. The van der Waals surface area contributed by atoms with Gasteiger partial charge in [0.25, 0.3) is 0 Å². The largest absolute Gasteiger partial charge is 0.508 e. The zero-order valence-electron chi connectivity index (χ0n) is 27.8. The van der Waals surface area contributed by atoms with Crippen molar-refractivity contribution in [3.05, 3.63) is 119 Å². The van der Waals surface area contributed by atoms with Gasteiger partial charge in [-0.05, 0) is 75.4 Å². The molecule has 1 aliphatic rings. The topological polar surface area (TPSA) is 169 Å². The molecule has 0 unspecified atom stereocenters. The number of aromatic nitrogens is 4. The highest BCUT2D eigenvalue weighted by atomic mass is 32.2. The summed E-state index contributed by atoms with van der Waals surface area (Å²) in [4.78, 5) is 23.1. The fraction of sp³-hybridized carbons (Fsp3) is 0.289. The van der Waals surface area contributed by atoms with Crippen LogP contribution in [0, 0.1) is 0 Å². The molecule has 13 heteroatoms. The third-order valence-electron chi connectivity index (χ3n) is 8.58. The zero-order chi connectivity index (χ0) is 35.6. The maximum Gasteiger partial charge on any atom is 0.303 e. The molecular formula is C38H39N5O7S. The number of thioether (sulfide) groups is 1. The van der Waals surface area contributed by atoms with Crippen LogP contribution in [0.5, 0.6) is 5.75 Å². The number of hydrogen-bond acceptors (Lipinski definition) is 10. The van der Waals surface area contributed by atoms with Gasteiger partial charge in [-0.1, -0.05) is 84.6 Å². The van der Waals surface area contributed by atoms with Gasteiger partial charge in [-0.3, -0.25) is 9.59 Å². The highest BCUT2D eigenvalue weighted by molar-refractivity contribution is 7.99. The van der Waals surface area contributed by atoms with Crippen molar-refractivity contribution in [2.24, 2.45) is 0 Å². The predicted molar refractivity (Wildman–Crippen MR) is 190 cm³/mol. The maximum absolute atomic E-state index is 12.4. The first-order valence-electron chi connectivity index (χ1n) is 16.7. The summed E-state index contributed by atoms with van der Waals surface area (Å²) in [5.74, 6) is -0.251. The van der Waals surface area contributed by atoms with Crippen LogP contribution in [0.25, 0.3) is 16.8 Å². The van der Waals surface area contributed by atoms with E-state index in [4.69, 9.17) is 14.6 Å². The molecule has 0 radical (unpaired) electrons. The summed E-state index contributed by atoms with van der Waals surface area (Å²) in [7, 11) is 0. The van der Waals surface area contributed by atoms with Crippen molar-refractivity contribution in [1.82, 2.24) is 25.5 Å². The third-order valence-corrected chi connectivity index (χ3v) is 9.63. The Morgan fingerprint density at radius 2 is 1.61 bits per heavy atom. The Labute approximate surface area is 299 Å². The molecule has 0 bridgehead atoms. The molecule has 0 aliphatic carbocycles. The van der Waals surface area contributed by atoms with Gasteiger partial charge in [-0.25, -0.2) is 0 Å². The summed E-state index contributed by atoms with van der Waals surface area (Å²) in [5, 5.41) is 43.8. The Bertz CT molecular complexity index is 1900. The second kappa shape index (κ2) is 17.2. The lowest BCUT2D eigenvalue weighted by molar-refractivity contribution is -0.245. The molecule has 5 aromatic rings. The van der Waals surface area contributed by atoms with Crippen LogP contribution in [0.3, 0.4) is 0 Å². The number of ether oxygens (including phenoxy) is 2. The van der Waals surface area contributed by atoms with Crippen molar-refractivity contribution in [3.8, 4) is 22.6 Å². The van der Waals surface area contributed by atoms with Crippen LogP contribution < -0.4 is 5.32 Å². The Kier molecular flexibility index (Phi) is 12.1. The summed E-state index contributed by atoms with van der Waals surface area (Å²) in [6, 6.07) is 30.3. The van der Waals surface area contributed by atoms with Crippen molar-refractivity contribution in [3.63, 3.8) is 0 Å². The number of carbonyl (C=O) groups excluding carboxylic acids is 1. The number of carboxylic acids is 1. The molecule has 3 atom stereocenters. The number of nitrogens with zero attached hydrogens (tertiary/aromatic N) is 4. The Morgan fingerprint density at radius 1 is 0.882 bits per heavy atom. The molecule has 6 rings (SSSR count). The molecule has 1 aliphatic heterocycles. The number of aromatic hydroxyl groups is 1. The average molecular weight is 710 g/mol. The van der Waals surface area contributed by atoms with E-state index in [1.165, 1.54) is 11.8 Å². The first-order valence-corrected chi connectivity index (χ1v) is 17.7. The normalized spacial score (nSPS) is 17.2. The lowest BCUT2D eigenvalue weighted by Gasteiger charge is -2.36. The van der Waals surface area contributed by atoms with E-state index in [0.717, 1.165) is 39.1 Å². The SMILES string of the molecule is O=C(O)CCCCC(=O)NCc1ccccc1-c1ccc([C@@H]2O[C@H](CSc3nnnn3-c3ccc(O)cc3)C[C@H](c3ccc(CO)cc3)O2)cc1. The molecule has 1 saturated heterocycles. The number of benzene rings is 4. The number of unbranched alkanes of at least 4 members (excludes halogenated alkanes) is 1. The number of aliphatic hydroxyl groups excluding tert-OH is 1. The number of aliphatic carboxylic acids is 1. The number of aliphatic hydroxyl groups is 1. The number of hydrogen-bond donors (Lipinski definition) is 4. The minimum absolute atomic E-state index is 0.0387. The Balaban J connectivity index is 1.15. The van der Waals surface area contributed by atoms with Crippen LogP contribution in [0.1, 0.15) is 66.8 Å². The minimum Gasteiger partial charge on any atom is -0.508 e. The number of phenolic OH excluding ortho intramolecular Hbond substituents is 1. The van der Waals surface area contributed by atoms with Crippen LogP contribution in [0.15, 0.2) is 102 Å². The van der Waals surface area contributed by atoms with Gasteiger partial charge in [0.1, 0.15) is 5.75 Å². The summed E-state index contributed by atoms with van der Waals surface area (Å²) in [6.07, 6.45) is 0.816. The van der Waals surface area contributed by atoms with Crippen LogP contribution in [0.4, 0.5) is 0 Å². The summed E-state index contributed by atoms with van der Waals surface area (Å²) in [5.41, 5.74) is 6.32. The van der Waals surface area contributed by atoms with Gasteiger partial charge in [0.05, 0.1) is 24.5 Å². The van der Waals surface area contributed by atoms with Gasteiger partial charge < -0.3 is 30.1 Å². The fourth-order valence-electron chi connectivity index (χ4n) is 5.83. The summed E-state index contributed by atoms with van der Waals surface area (Å²) >= 11 is 1.47. The molecule has 51 heavy (non-hydrogen) atoms. The molecule has 0 saturated carbocycles. The number of amides is 1. The first-order chi connectivity index (χ1) is 24.9. The van der Waals surface area contributed by atoms with Crippen molar-refractivity contribution in [2.45, 2.75) is 68.9 Å². The van der Waals surface area contributed by atoms with Crippen LogP contribution in [-0.2, 0) is 32.2 Å². The van der Waals surface area contributed by atoms with E-state index >= 15 is 0 Å². The highest BCUT2D eigenvalue weighted by Crippen LogP contribution is 2.40. The average Bonchev–Trinajstić information content (AvgIpc) is 3.64. The van der Waals surface area contributed by atoms with E-state index < -0.39 is 12.3 Å². The van der Waals surface area contributed by atoms with Gasteiger partial charge >= 0.3 is 5.97 Å². The van der Waals surface area contributed by atoms with Gasteiger partial charge in [0.15, 0.2) is 6.29 Å². The van der Waals surface area contributed by atoms with E-state index in [1.807, 2.05) is 72.8 Å². The van der Waals surface area contributed by atoms with E-state index in [-0.39, 0.29) is 43.3 Å². The molecule has 12 nitrogen and oxygen atoms in total. The number of carboxylic acid groups (broad SMARTS) is 1. The second-order valence-electron chi connectivity index (χ2n) is 12.2. The standard InChI is InChI=1S/C38H39N5O7S/c44-23-25-9-11-27(12-10-25)34-21-32(24-51-38-40-41-42-43(38)30-17-19-31(45)20-18-30)49-37(50-34)28-15-13-26(14-16-28)33-6-2-1-5-29(33)22-39-35(46)7-3-4-8-36(47)48/h1-2,5-6,9-20,32,34,37,44-45H,3-4,7-8,21-24H2,(H,39,46)(H,47,48)/t32-,34+,37+/m0/s1. The fourth-order valence-corrected chi connectivity index (χ4v) is 6.74. The molecule has 4 aromatic carbocycles. The van der Waals surface area contributed by atoms with Gasteiger partial charge in [-0.2, -0.15) is 4.68 Å². The lowest BCUT2D eigenvalue weighted by atomic mass is 9.97. The van der Waals surface area contributed by atoms with Crippen molar-refractivity contribution >= 4 is 23.6 Å². The number of carbonyl (C=O) groups is 2. The number of rotatable bonds is 15. The molecule has 4 N–H and O–H groups in total. The van der Waals surface area contributed by atoms with Crippen molar-refractivity contribution < 1.29 is 34.4 Å². The van der Waals surface area contributed by atoms with Crippen LogP contribution in [0.2, 0.25) is 0 Å². The van der Waals surface area contributed by atoms with Crippen LogP contribution in [-0.4, -0.2) is 59.3 Å². The minimum atomic E-state index is -0.855. The summed E-state index contributed by atoms with van der Waals surface area (Å²) in [6.45, 7) is 0.319. The van der Waals surface area contributed by atoms with Gasteiger partial charge in [-0.15, -0.1) is 5.10 Å². The second-order valence-corrected chi connectivity index (χ2v) is 13.2. The number of nitrogens with one attached hydrogen (secondary N) is 1. The van der Waals surface area contributed by atoms with Gasteiger partial charge in [0.2, 0.25) is 11.1 Å². The van der Waals surface area contributed by atoms with Crippen molar-refractivity contribution in [2.75, 3.05) is 5.75 Å². The van der Waals surface area contributed by atoms with Crippen molar-refractivity contribution in [1.29, 1.82) is 0 Å². The lowest BCUT2D eigenvalue weighted by Crippen LogP contribution is -2.31. The Morgan fingerprint density at radius 3 is 2.35 bits per heavy atom. The molecule has 264 valence electrons. The quantitative estimate of drug-likeness (QED) is 0.0729. The maximum atomic E-state index is 12.4. The van der Waals surface area contributed by atoms with E-state index in [1.54, 1.807) is 28.9 Å². The predicted octanol–water partition coefficient (Wildman–Crippen LogP) is 6.13. The van der Waals surface area contributed by atoms with E-state index in [9.17, 15) is 19.8 Å². The zero-order valence-corrected chi connectivity index (χ0v) is 28.6. The first kappa shape index (κ1) is 35.7. The number of tetrazole rings is 1. The molecule has 1 aromatic heterocycles. The molecular weight excluding hydrogens is 671 g/mol. The smallest absolute Gasteiger partial charge is 0.303 e. The number of phenols is 1. The molecule has 1 fully saturated rings. The van der Waals surface area contributed by atoms with Gasteiger partial charge in [0, 0.05) is 37.1 Å². The summed E-state index contributed by atoms with van der Waals surface area (Å²) < 4.78 is 14.7.